The first-order valence-corrected chi connectivity index (χ1v) is 6.41. The molecule has 2 fully saturated rings. The molecule has 0 unspecified atom stereocenters. The molecule has 0 aromatic carbocycles. The van der Waals surface area contributed by atoms with E-state index in [1.807, 2.05) is 0 Å². The van der Waals surface area contributed by atoms with E-state index in [1.54, 1.807) is 0 Å². The molecule has 0 aliphatic carbocycles. The number of nitrogens with two attached hydrogens (primary N) is 2. The van der Waals surface area contributed by atoms with Gasteiger partial charge in [0.05, 0.1) is 6.04 Å². The molecule has 2 saturated heterocycles. The van der Waals surface area contributed by atoms with Crippen molar-refractivity contribution in [2.24, 2.45) is 11.6 Å². The lowest BCUT2D eigenvalue weighted by Crippen LogP contribution is -2.47. The molecule has 0 aromatic rings. The number of piperidine rings is 1. The van der Waals surface area contributed by atoms with E-state index < -0.39 is 34.4 Å². The van der Waals surface area contributed by atoms with Crippen molar-refractivity contribution in [3.05, 3.63) is 0 Å². The summed E-state index contributed by atoms with van der Waals surface area (Å²) in [7, 11) is -4.47. The zero-order valence-electron chi connectivity index (χ0n) is 9.18. The van der Waals surface area contributed by atoms with E-state index in [9.17, 15) is 18.0 Å². The summed E-state index contributed by atoms with van der Waals surface area (Å²) >= 11 is 0. The summed E-state index contributed by atoms with van der Waals surface area (Å²) in [5.74, 6) is 3.87. The lowest BCUT2D eigenvalue weighted by atomic mass is 10.0. The van der Waals surface area contributed by atoms with E-state index in [0.29, 0.717) is 17.9 Å². The maximum Gasteiger partial charge on any atom is 0.437 e. The summed E-state index contributed by atoms with van der Waals surface area (Å²) in [6.07, 6.45) is 0.755. The Kier molecular flexibility index (Phi) is 3.14. The molecule has 4 N–H and O–H groups in total. The van der Waals surface area contributed by atoms with Crippen LogP contribution < -0.4 is 11.6 Å². The van der Waals surface area contributed by atoms with E-state index in [4.69, 9.17) is 5.73 Å². The first kappa shape index (κ1) is 13.0. The summed E-state index contributed by atoms with van der Waals surface area (Å²) in [5.41, 5.74) is 5.16. The first-order chi connectivity index (χ1) is 8.35. The van der Waals surface area contributed by atoms with Crippen molar-refractivity contribution in [2.75, 3.05) is 6.54 Å². The molecule has 0 saturated carbocycles. The van der Waals surface area contributed by atoms with Crippen LogP contribution in [0.25, 0.3) is 0 Å². The smallest absolute Gasteiger partial charge is 0.368 e. The van der Waals surface area contributed by atoms with Gasteiger partial charge in [-0.2, -0.15) is 23.7 Å². The molecule has 0 radical (unpaired) electrons. The highest BCUT2D eigenvalue weighted by atomic mass is 32.3. The van der Waals surface area contributed by atoms with Gasteiger partial charge >= 0.3 is 16.4 Å². The zero-order valence-corrected chi connectivity index (χ0v) is 10.00. The molecule has 2 aliphatic heterocycles. The summed E-state index contributed by atoms with van der Waals surface area (Å²) in [6, 6.07) is -1.97. The molecule has 11 heteroatoms. The van der Waals surface area contributed by atoms with Crippen LogP contribution >= 0.6 is 0 Å². The van der Waals surface area contributed by atoms with Crippen LogP contribution in [0.1, 0.15) is 12.8 Å². The van der Waals surface area contributed by atoms with Crippen molar-refractivity contribution in [2.45, 2.75) is 24.9 Å². The van der Waals surface area contributed by atoms with Gasteiger partial charge in [-0.15, -0.1) is 4.28 Å². The monoisotopic (exact) mass is 280 g/mol. The van der Waals surface area contributed by atoms with Crippen LogP contribution in [0.2, 0.25) is 0 Å². The van der Waals surface area contributed by atoms with Crippen LogP contribution in [0.5, 0.6) is 0 Å². The number of urea groups is 1. The number of hydrogen-bond donors (Lipinski definition) is 2. The Labute approximate surface area is 103 Å². The van der Waals surface area contributed by atoms with E-state index >= 15 is 0 Å². The van der Waals surface area contributed by atoms with E-state index in [2.05, 4.69) is 14.5 Å². The fourth-order valence-corrected chi connectivity index (χ4v) is 2.56. The van der Waals surface area contributed by atoms with Gasteiger partial charge in [-0.05, 0) is 12.8 Å². The number of nitrogens with zero attached hydrogens (tertiary/aromatic N) is 2. The van der Waals surface area contributed by atoms with Crippen LogP contribution in [0.4, 0.5) is 4.79 Å². The highest BCUT2D eigenvalue weighted by Gasteiger charge is 2.49. The van der Waals surface area contributed by atoms with Gasteiger partial charge < -0.3 is 10.6 Å². The standard InChI is InChI=1S/C7H12N4O6S/c8-6(12)5-2-1-4-3-10(5)7(13)11(4)17-18(14,15)16-9/h4-5H,1-3,9H2,(H2,8,12)/t4-,5+/m1/s1. The van der Waals surface area contributed by atoms with Gasteiger partial charge in [0.2, 0.25) is 5.91 Å². The Balaban J connectivity index is 2.18. The molecule has 2 atom stereocenters. The maximum absolute atomic E-state index is 11.9. The third kappa shape index (κ3) is 2.12. The predicted octanol–water partition coefficient (Wildman–Crippen LogP) is -2.19. The van der Waals surface area contributed by atoms with Gasteiger partial charge in [0.15, 0.2) is 0 Å². The lowest BCUT2D eigenvalue weighted by molar-refractivity contribution is -0.122. The number of amides is 3. The van der Waals surface area contributed by atoms with Gasteiger partial charge in [-0.25, -0.2) is 4.79 Å². The van der Waals surface area contributed by atoms with Crippen LogP contribution in [-0.2, 0) is 23.8 Å². The largest absolute Gasteiger partial charge is 0.437 e. The van der Waals surface area contributed by atoms with Gasteiger partial charge in [0, 0.05) is 6.54 Å². The number of hydrogen-bond acceptors (Lipinski definition) is 7. The minimum atomic E-state index is -4.47. The topological polar surface area (TPSA) is 145 Å². The van der Waals surface area contributed by atoms with Gasteiger partial charge in [-0.3, -0.25) is 4.79 Å². The van der Waals surface area contributed by atoms with E-state index in [-0.39, 0.29) is 6.54 Å². The summed E-state index contributed by atoms with van der Waals surface area (Å²) in [6.45, 7) is 0.173. The normalized spacial score (nSPS) is 27.7. The molecule has 0 aromatic heterocycles. The number of primary amides is 1. The van der Waals surface area contributed by atoms with Crippen molar-refractivity contribution < 1.29 is 26.6 Å². The Morgan fingerprint density at radius 2 is 2.06 bits per heavy atom. The SMILES string of the molecule is NOS(=O)(=O)ON1C(=O)N2C[C@H]1CC[C@H]2C(N)=O. The Hall–Kier alpha value is -1.43. The third-order valence-electron chi connectivity index (χ3n) is 2.94. The minimum absolute atomic E-state index is 0.173. The zero-order chi connectivity index (χ0) is 13.5. The van der Waals surface area contributed by atoms with E-state index in [0.717, 1.165) is 0 Å². The highest BCUT2D eigenvalue weighted by molar-refractivity contribution is 7.81. The number of carbonyl (C=O) groups excluding carboxylic acids is 2. The minimum Gasteiger partial charge on any atom is -0.368 e. The van der Waals surface area contributed by atoms with Crippen molar-refractivity contribution in [1.29, 1.82) is 0 Å². The highest BCUT2D eigenvalue weighted by Crippen LogP contribution is 2.30. The second-order valence-corrected chi connectivity index (χ2v) is 5.15. The summed E-state index contributed by atoms with van der Waals surface area (Å²) in [4.78, 5) is 24.2. The van der Waals surface area contributed by atoms with Gasteiger partial charge in [-0.1, -0.05) is 0 Å². The van der Waals surface area contributed by atoms with Crippen molar-refractivity contribution in [3.63, 3.8) is 0 Å². The number of fused-ring (bicyclic) bond motifs is 2. The first-order valence-electron chi connectivity index (χ1n) is 5.08. The molecule has 102 valence electrons. The van der Waals surface area contributed by atoms with E-state index in [1.165, 1.54) is 4.90 Å². The van der Waals surface area contributed by atoms with Crippen molar-refractivity contribution in [1.82, 2.24) is 9.96 Å². The van der Waals surface area contributed by atoms with Crippen LogP contribution in [0.15, 0.2) is 0 Å². The summed E-state index contributed by atoms with van der Waals surface area (Å²) < 4.78 is 30.1. The maximum atomic E-state index is 11.9. The average molecular weight is 280 g/mol. The van der Waals surface area contributed by atoms with Gasteiger partial charge in [0.1, 0.15) is 6.04 Å². The van der Waals surface area contributed by atoms with Gasteiger partial charge in [0.25, 0.3) is 0 Å². The summed E-state index contributed by atoms with van der Waals surface area (Å²) in [5, 5.41) is 0.644. The molecule has 18 heavy (non-hydrogen) atoms. The fourth-order valence-electron chi connectivity index (χ4n) is 2.14. The molecule has 2 aliphatic rings. The fraction of sp³-hybridized carbons (Fsp3) is 0.714. The van der Waals surface area contributed by atoms with Crippen LogP contribution in [0.3, 0.4) is 0 Å². The van der Waals surface area contributed by atoms with Crippen LogP contribution in [0, 0.1) is 0 Å². The average Bonchev–Trinajstić information content (AvgIpc) is 2.54. The molecule has 2 rings (SSSR count). The molecular formula is C7H12N4O6S. The molecular weight excluding hydrogens is 268 g/mol. The molecule has 2 heterocycles. The second kappa shape index (κ2) is 4.35. The Bertz CT molecular complexity index is 478. The quantitative estimate of drug-likeness (QED) is 0.556. The predicted molar refractivity (Wildman–Crippen MR) is 55.2 cm³/mol. The van der Waals surface area contributed by atoms with Crippen molar-refractivity contribution in [3.8, 4) is 0 Å². The molecule has 10 nitrogen and oxygen atoms in total. The van der Waals surface area contributed by atoms with Crippen molar-refractivity contribution >= 4 is 22.3 Å². The van der Waals surface area contributed by atoms with Crippen LogP contribution in [-0.4, -0.2) is 48.9 Å². The number of carbonyl (C=O) groups is 2. The number of rotatable bonds is 4. The second-order valence-electron chi connectivity index (χ2n) is 3.99. The molecule has 2 bridgehead atoms. The lowest BCUT2D eigenvalue weighted by Gasteiger charge is -2.27. The Morgan fingerprint density at radius 3 is 2.61 bits per heavy atom. The number of hydroxylamine groups is 2. The molecule has 3 amide bonds. The molecule has 0 spiro atoms. The Morgan fingerprint density at radius 1 is 1.39 bits per heavy atom. The third-order valence-corrected chi connectivity index (χ3v) is 3.52.